The summed E-state index contributed by atoms with van der Waals surface area (Å²) in [7, 11) is 0. The Morgan fingerprint density at radius 1 is 1.42 bits per heavy atom. The number of amides is 1. The van der Waals surface area contributed by atoms with Gasteiger partial charge in [0.1, 0.15) is 5.82 Å². The second-order valence-corrected chi connectivity index (χ2v) is 7.28. The summed E-state index contributed by atoms with van der Waals surface area (Å²) in [5.41, 5.74) is 0.679. The first kappa shape index (κ1) is 16.8. The average Bonchev–Trinajstić information content (AvgIpc) is 3.16. The maximum atomic E-state index is 13.2. The number of rotatable bonds is 7. The third kappa shape index (κ3) is 4.25. The van der Waals surface area contributed by atoms with Gasteiger partial charge >= 0.3 is 0 Å². The van der Waals surface area contributed by atoms with Gasteiger partial charge in [-0.05, 0) is 29.6 Å². The van der Waals surface area contributed by atoms with Crippen LogP contribution in [0.25, 0.3) is 10.2 Å². The van der Waals surface area contributed by atoms with Crippen LogP contribution in [-0.2, 0) is 11.3 Å². The Labute approximate surface area is 147 Å². The molecule has 3 rings (SSSR count). The van der Waals surface area contributed by atoms with Crippen molar-refractivity contribution in [1.82, 2.24) is 9.88 Å². The SMILES string of the molecule is C=CCN(CC(=O)Nc1nc2ccc(F)cc2s1)Cc1cccs1. The van der Waals surface area contributed by atoms with Gasteiger partial charge in [0.25, 0.3) is 0 Å². The first-order valence-corrected chi connectivity index (χ1v) is 9.05. The Balaban J connectivity index is 1.64. The van der Waals surface area contributed by atoms with Crippen molar-refractivity contribution in [3.8, 4) is 0 Å². The van der Waals surface area contributed by atoms with E-state index >= 15 is 0 Å². The molecule has 7 heteroatoms. The second-order valence-electron chi connectivity index (χ2n) is 5.22. The summed E-state index contributed by atoms with van der Waals surface area (Å²) in [4.78, 5) is 19.8. The van der Waals surface area contributed by atoms with E-state index in [9.17, 15) is 9.18 Å². The Morgan fingerprint density at radius 2 is 2.29 bits per heavy atom. The number of nitrogens with one attached hydrogen (secondary N) is 1. The summed E-state index contributed by atoms with van der Waals surface area (Å²) in [6.45, 7) is 5.30. The Hall–Kier alpha value is -2.09. The third-order valence-corrected chi connectivity index (χ3v) is 5.11. The number of halogens is 1. The maximum Gasteiger partial charge on any atom is 0.240 e. The van der Waals surface area contributed by atoms with Crippen LogP contribution >= 0.6 is 22.7 Å². The van der Waals surface area contributed by atoms with Crippen LogP contribution in [0.15, 0.2) is 48.4 Å². The third-order valence-electron chi connectivity index (χ3n) is 3.31. The maximum absolute atomic E-state index is 13.2. The topological polar surface area (TPSA) is 45.2 Å². The molecule has 0 spiro atoms. The smallest absolute Gasteiger partial charge is 0.240 e. The summed E-state index contributed by atoms with van der Waals surface area (Å²) in [5.74, 6) is -0.454. The normalized spacial score (nSPS) is 11.1. The highest BCUT2D eigenvalue weighted by Crippen LogP contribution is 2.26. The first-order chi connectivity index (χ1) is 11.6. The van der Waals surface area contributed by atoms with E-state index in [-0.39, 0.29) is 18.3 Å². The average molecular weight is 361 g/mol. The summed E-state index contributed by atoms with van der Waals surface area (Å²) in [5, 5.41) is 5.29. The van der Waals surface area contributed by atoms with Crippen molar-refractivity contribution in [3.05, 3.63) is 59.1 Å². The van der Waals surface area contributed by atoms with Crippen LogP contribution < -0.4 is 5.32 Å². The number of fused-ring (bicyclic) bond motifs is 1. The molecule has 0 atom stereocenters. The van der Waals surface area contributed by atoms with Gasteiger partial charge in [-0.1, -0.05) is 23.5 Å². The number of thiophene rings is 1. The molecule has 3 aromatic rings. The van der Waals surface area contributed by atoms with Gasteiger partial charge in [0, 0.05) is 18.0 Å². The van der Waals surface area contributed by atoms with E-state index in [1.165, 1.54) is 28.3 Å². The van der Waals surface area contributed by atoms with Gasteiger partial charge in [-0.15, -0.1) is 17.9 Å². The number of hydrogen-bond donors (Lipinski definition) is 1. The summed E-state index contributed by atoms with van der Waals surface area (Å²) in [6, 6.07) is 8.43. The Morgan fingerprint density at radius 3 is 3.04 bits per heavy atom. The quantitative estimate of drug-likeness (QED) is 0.644. The molecule has 0 bridgehead atoms. The van der Waals surface area contributed by atoms with Crippen LogP contribution in [0.4, 0.5) is 9.52 Å². The predicted molar refractivity (Wildman–Crippen MR) is 98.0 cm³/mol. The molecule has 0 unspecified atom stereocenters. The van der Waals surface area contributed by atoms with Crippen LogP contribution in [0.1, 0.15) is 4.88 Å². The molecule has 124 valence electrons. The monoisotopic (exact) mass is 361 g/mol. The van der Waals surface area contributed by atoms with E-state index in [0.29, 0.717) is 28.4 Å². The fraction of sp³-hybridized carbons (Fsp3) is 0.176. The first-order valence-electron chi connectivity index (χ1n) is 7.35. The summed E-state index contributed by atoms with van der Waals surface area (Å²) < 4.78 is 13.9. The molecule has 2 heterocycles. The van der Waals surface area contributed by atoms with Crippen molar-refractivity contribution < 1.29 is 9.18 Å². The molecule has 2 aromatic heterocycles. The zero-order valence-electron chi connectivity index (χ0n) is 12.9. The summed E-state index contributed by atoms with van der Waals surface area (Å²) >= 11 is 2.92. The lowest BCUT2D eigenvalue weighted by atomic mass is 10.3. The van der Waals surface area contributed by atoms with Gasteiger partial charge in [0.15, 0.2) is 5.13 Å². The van der Waals surface area contributed by atoms with E-state index in [2.05, 4.69) is 16.9 Å². The van der Waals surface area contributed by atoms with Gasteiger partial charge in [0.05, 0.1) is 16.8 Å². The lowest BCUT2D eigenvalue weighted by molar-refractivity contribution is -0.117. The molecule has 0 saturated heterocycles. The molecule has 0 radical (unpaired) electrons. The molecule has 0 aliphatic heterocycles. The molecule has 4 nitrogen and oxygen atoms in total. The highest BCUT2D eigenvalue weighted by atomic mass is 32.1. The highest BCUT2D eigenvalue weighted by Gasteiger charge is 2.13. The Bertz CT molecular complexity index is 845. The molecule has 1 aromatic carbocycles. The molecule has 0 aliphatic rings. The highest BCUT2D eigenvalue weighted by molar-refractivity contribution is 7.22. The van der Waals surface area contributed by atoms with E-state index in [1.54, 1.807) is 23.5 Å². The minimum Gasteiger partial charge on any atom is -0.301 e. The number of hydrogen-bond acceptors (Lipinski definition) is 5. The minimum atomic E-state index is -0.308. The fourth-order valence-corrected chi connectivity index (χ4v) is 3.96. The largest absolute Gasteiger partial charge is 0.301 e. The summed E-state index contributed by atoms with van der Waals surface area (Å²) in [6.07, 6.45) is 1.78. The molecule has 1 N–H and O–H groups in total. The zero-order valence-corrected chi connectivity index (χ0v) is 14.5. The number of carbonyl (C=O) groups is 1. The fourth-order valence-electron chi connectivity index (χ4n) is 2.30. The van der Waals surface area contributed by atoms with Gasteiger partial charge in [0.2, 0.25) is 5.91 Å². The van der Waals surface area contributed by atoms with Gasteiger partial charge in [-0.25, -0.2) is 9.37 Å². The van der Waals surface area contributed by atoms with E-state index in [0.717, 1.165) is 0 Å². The van der Waals surface area contributed by atoms with Gasteiger partial charge in [-0.3, -0.25) is 9.69 Å². The van der Waals surface area contributed by atoms with E-state index < -0.39 is 0 Å². The molecule has 0 saturated carbocycles. The van der Waals surface area contributed by atoms with Crippen LogP contribution in [-0.4, -0.2) is 28.9 Å². The molecule has 0 fully saturated rings. The number of carbonyl (C=O) groups excluding carboxylic acids is 1. The van der Waals surface area contributed by atoms with Crippen molar-refractivity contribution in [3.63, 3.8) is 0 Å². The molecule has 1 amide bonds. The molecule has 24 heavy (non-hydrogen) atoms. The van der Waals surface area contributed by atoms with Gasteiger partial charge in [-0.2, -0.15) is 0 Å². The predicted octanol–water partition coefficient (Wildman–Crippen LogP) is 4.12. The van der Waals surface area contributed by atoms with Crippen molar-refractivity contribution in [2.75, 3.05) is 18.4 Å². The van der Waals surface area contributed by atoms with Crippen LogP contribution in [0.3, 0.4) is 0 Å². The molecule has 0 aliphatic carbocycles. The van der Waals surface area contributed by atoms with Crippen molar-refractivity contribution >= 4 is 43.9 Å². The zero-order chi connectivity index (χ0) is 16.9. The van der Waals surface area contributed by atoms with Crippen molar-refractivity contribution in [2.24, 2.45) is 0 Å². The lowest BCUT2D eigenvalue weighted by Crippen LogP contribution is -2.32. The number of thiazole rings is 1. The second kappa shape index (κ2) is 7.65. The number of benzene rings is 1. The van der Waals surface area contributed by atoms with Crippen LogP contribution in [0.2, 0.25) is 0 Å². The van der Waals surface area contributed by atoms with E-state index in [1.807, 2.05) is 22.4 Å². The Kier molecular flexibility index (Phi) is 5.34. The lowest BCUT2D eigenvalue weighted by Gasteiger charge is -2.18. The van der Waals surface area contributed by atoms with Crippen LogP contribution in [0.5, 0.6) is 0 Å². The number of anilines is 1. The molecular weight excluding hydrogens is 345 g/mol. The van der Waals surface area contributed by atoms with Gasteiger partial charge < -0.3 is 5.32 Å². The standard InChI is InChI=1S/C17H16FN3OS2/c1-2-7-21(10-13-4-3-8-23-13)11-16(22)20-17-19-14-6-5-12(18)9-15(14)24-17/h2-6,8-9H,1,7,10-11H2,(H,19,20,22). The number of aromatic nitrogens is 1. The van der Waals surface area contributed by atoms with Crippen molar-refractivity contribution in [1.29, 1.82) is 0 Å². The van der Waals surface area contributed by atoms with Crippen LogP contribution in [0, 0.1) is 5.82 Å². The van der Waals surface area contributed by atoms with E-state index in [4.69, 9.17) is 0 Å². The van der Waals surface area contributed by atoms with Crippen molar-refractivity contribution in [2.45, 2.75) is 6.54 Å². The molecular formula is C17H16FN3OS2. The minimum absolute atomic E-state index is 0.145. The number of nitrogens with zero attached hydrogens (tertiary/aromatic N) is 2.